The Morgan fingerprint density at radius 2 is 1.65 bits per heavy atom. The van der Waals surface area contributed by atoms with E-state index in [1.165, 1.54) is 4.90 Å². The van der Waals surface area contributed by atoms with Crippen molar-refractivity contribution >= 4 is 23.3 Å². The zero-order valence-corrected chi connectivity index (χ0v) is 18.0. The average molecular weight is 424 g/mol. The van der Waals surface area contributed by atoms with Gasteiger partial charge in [-0.05, 0) is 31.0 Å². The standard InChI is InChI=1S/C24H28N2O5/c1-3-17-5-7-18(8-6-17)20(27)10-12-24(29)26(4-2)16-23(28)25-19-9-11-21-22(15-19)31-14-13-30-21/h5-9,11,15H,3-4,10,12-14,16H2,1-2H3,(H,25,28). The van der Waals surface area contributed by atoms with Crippen LogP contribution in [0.4, 0.5) is 5.69 Å². The molecule has 0 aliphatic carbocycles. The number of hydrogen-bond acceptors (Lipinski definition) is 5. The number of ketones is 1. The Morgan fingerprint density at radius 3 is 2.32 bits per heavy atom. The molecule has 2 aromatic carbocycles. The van der Waals surface area contributed by atoms with Crippen molar-refractivity contribution < 1.29 is 23.9 Å². The number of anilines is 1. The van der Waals surface area contributed by atoms with Crippen LogP contribution in [0.15, 0.2) is 42.5 Å². The van der Waals surface area contributed by atoms with Crippen LogP contribution in [0.5, 0.6) is 11.5 Å². The lowest BCUT2D eigenvalue weighted by Gasteiger charge is -2.21. The quantitative estimate of drug-likeness (QED) is 0.623. The van der Waals surface area contributed by atoms with Crippen molar-refractivity contribution in [2.75, 3.05) is 31.6 Å². The second-order valence-corrected chi connectivity index (χ2v) is 7.29. The first-order valence-electron chi connectivity index (χ1n) is 10.6. The van der Waals surface area contributed by atoms with Crippen LogP contribution >= 0.6 is 0 Å². The molecule has 1 N–H and O–H groups in total. The Bertz CT molecular complexity index is 939. The number of carbonyl (C=O) groups is 3. The van der Waals surface area contributed by atoms with Crippen molar-refractivity contribution in [2.45, 2.75) is 33.1 Å². The van der Waals surface area contributed by atoms with Crippen LogP contribution in [0.1, 0.15) is 42.6 Å². The molecule has 31 heavy (non-hydrogen) atoms. The summed E-state index contributed by atoms with van der Waals surface area (Å²) in [5, 5.41) is 2.78. The highest BCUT2D eigenvalue weighted by Gasteiger charge is 2.18. The summed E-state index contributed by atoms with van der Waals surface area (Å²) in [5.74, 6) is 0.612. The highest BCUT2D eigenvalue weighted by atomic mass is 16.6. The lowest BCUT2D eigenvalue weighted by molar-refractivity contribution is -0.134. The van der Waals surface area contributed by atoms with Crippen LogP contribution in [0.2, 0.25) is 0 Å². The second-order valence-electron chi connectivity index (χ2n) is 7.29. The zero-order chi connectivity index (χ0) is 22.2. The van der Waals surface area contributed by atoms with E-state index in [-0.39, 0.29) is 37.0 Å². The molecular weight excluding hydrogens is 396 g/mol. The number of carbonyl (C=O) groups excluding carboxylic acids is 3. The molecule has 0 radical (unpaired) electrons. The van der Waals surface area contributed by atoms with Crippen LogP contribution in [0.3, 0.4) is 0 Å². The van der Waals surface area contributed by atoms with E-state index < -0.39 is 0 Å². The summed E-state index contributed by atoms with van der Waals surface area (Å²) in [6.07, 6.45) is 1.09. The zero-order valence-electron chi connectivity index (χ0n) is 18.0. The SMILES string of the molecule is CCc1ccc(C(=O)CCC(=O)N(CC)CC(=O)Nc2ccc3c(c2)OCCO3)cc1. The van der Waals surface area contributed by atoms with Gasteiger partial charge >= 0.3 is 0 Å². The average Bonchev–Trinajstić information content (AvgIpc) is 2.80. The maximum Gasteiger partial charge on any atom is 0.243 e. The van der Waals surface area contributed by atoms with Crippen LogP contribution in [-0.4, -0.2) is 48.8 Å². The molecule has 0 spiro atoms. The fraction of sp³-hybridized carbons (Fsp3) is 0.375. The van der Waals surface area contributed by atoms with E-state index in [2.05, 4.69) is 12.2 Å². The lowest BCUT2D eigenvalue weighted by atomic mass is 10.0. The molecular formula is C24H28N2O5. The van der Waals surface area contributed by atoms with Gasteiger partial charge in [0, 0.05) is 36.7 Å². The van der Waals surface area contributed by atoms with E-state index in [4.69, 9.17) is 9.47 Å². The number of benzene rings is 2. The molecule has 1 heterocycles. The minimum atomic E-state index is -0.312. The van der Waals surface area contributed by atoms with Gasteiger partial charge in [-0.2, -0.15) is 0 Å². The number of hydrogen-bond donors (Lipinski definition) is 1. The molecule has 0 saturated heterocycles. The predicted molar refractivity (Wildman–Crippen MR) is 118 cm³/mol. The molecule has 3 rings (SSSR count). The Kier molecular flexibility index (Phi) is 7.65. The van der Waals surface area contributed by atoms with Gasteiger partial charge in [0.05, 0.1) is 6.54 Å². The number of amides is 2. The molecule has 2 aromatic rings. The molecule has 164 valence electrons. The second kappa shape index (κ2) is 10.6. The van der Waals surface area contributed by atoms with Crippen LogP contribution in [0.25, 0.3) is 0 Å². The summed E-state index contributed by atoms with van der Waals surface area (Å²) in [6.45, 7) is 5.12. The Hall–Kier alpha value is -3.35. The van der Waals surface area contributed by atoms with Gasteiger partial charge in [0.2, 0.25) is 11.8 Å². The summed E-state index contributed by atoms with van der Waals surface area (Å²) in [5.41, 5.74) is 2.33. The van der Waals surface area contributed by atoms with E-state index in [0.29, 0.717) is 42.5 Å². The van der Waals surface area contributed by atoms with Gasteiger partial charge in [-0.1, -0.05) is 31.2 Å². The monoisotopic (exact) mass is 424 g/mol. The highest BCUT2D eigenvalue weighted by Crippen LogP contribution is 2.32. The number of Topliss-reactive ketones (excluding diaryl/α,β-unsaturated/α-hetero) is 1. The third-order valence-electron chi connectivity index (χ3n) is 5.14. The normalized spacial score (nSPS) is 12.2. The first kappa shape index (κ1) is 22.3. The van der Waals surface area contributed by atoms with Crippen molar-refractivity contribution in [3.05, 3.63) is 53.6 Å². The number of rotatable bonds is 9. The maximum absolute atomic E-state index is 12.5. The molecule has 0 unspecified atom stereocenters. The van der Waals surface area contributed by atoms with Crippen molar-refractivity contribution in [3.63, 3.8) is 0 Å². The molecule has 1 aliphatic rings. The van der Waals surface area contributed by atoms with E-state index in [9.17, 15) is 14.4 Å². The van der Waals surface area contributed by atoms with Gasteiger partial charge in [0.25, 0.3) is 0 Å². The van der Waals surface area contributed by atoms with E-state index in [1.54, 1.807) is 37.3 Å². The van der Waals surface area contributed by atoms with Crippen molar-refractivity contribution in [2.24, 2.45) is 0 Å². The van der Waals surface area contributed by atoms with Gasteiger partial charge in [-0.3, -0.25) is 14.4 Å². The van der Waals surface area contributed by atoms with E-state index in [0.717, 1.165) is 12.0 Å². The highest BCUT2D eigenvalue weighted by molar-refractivity contribution is 5.99. The van der Waals surface area contributed by atoms with Crippen LogP contribution in [-0.2, 0) is 16.0 Å². The topological polar surface area (TPSA) is 84.9 Å². The fourth-order valence-corrected chi connectivity index (χ4v) is 3.32. The summed E-state index contributed by atoms with van der Waals surface area (Å²) in [6, 6.07) is 12.6. The number of ether oxygens (including phenoxy) is 2. The Balaban J connectivity index is 1.50. The molecule has 0 aromatic heterocycles. The third-order valence-corrected chi connectivity index (χ3v) is 5.14. The molecule has 7 nitrogen and oxygen atoms in total. The molecule has 0 saturated carbocycles. The molecule has 1 aliphatic heterocycles. The molecule has 2 amide bonds. The van der Waals surface area contributed by atoms with Crippen molar-refractivity contribution in [1.82, 2.24) is 4.90 Å². The number of fused-ring (bicyclic) bond motifs is 1. The summed E-state index contributed by atoms with van der Waals surface area (Å²) < 4.78 is 11.0. The Morgan fingerprint density at radius 1 is 0.935 bits per heavy atom. The molecule has 0 atom stereocenters. The van der Waals surface area contributed by atoms with E-state index >= 15 is 0 Å². The summed E-state index contributed by atoms with van der Waals surface area (Å²) in [7, 11) is 0. The molecule has 7 heteroatoms. The predicted octanol–water partition coefficient (Wildman–Crippen LogP) is 3.47. The number of nitrogens with one attached hydrogen (secondary N) is 1. The van der Waals surface area contributed by atoms with Crippen molar-refractivity contribution in [3.8, 4) is 11.5 Å². The van der Waals surface area contributed by atoms with Crippen LogP contribution in [0, 0.1) is 0 Å². The first-order chi connectivity index (χ1) is 15.0. The van der Waals surface area contributed by atoms with Crippen molar-refractivity contribution in [1.29, 1.82) is 0 Å². The Labute approximate surface area is 182 Å². The smallest absolute Gasteiger partial charge is 0.243 e. The van der Waals surface area contributed by atoms with Gasteiger partial charge in [0.1, 0.15) is 13.2 Å². The van der Waals surface area contributed by atoms with Crippen LogP contribution < -0.4 is 14.8 Å². The molecule has 0 fully saturated rings. The summed E-state index contributed by atoms with van der Waals surface area (Å²) in [4.78, 5) is 38.8. The first-order valence-corrected chi connectivity index (χ1v) is 10.6. The minimum Gasteiger partial charge on any atom is -0.486 e. The largest absolute Gasteiger partial charge is 0.486 e. The van der Waals surface area contributed by atoms with Gasteiger partial charge < -0.3 is 19.7 Å². The maximum atomic E-state index is 12.5. The van der Waals surface area contributed by atoms with Gasteiger partial charge in [0.15, 0.2) is 17.3 Å². The number of likely N-dealkylation sites (N-methyl/N-ethyl adjacent to an activating group) is 1. The van der Waals surface area contributed by atoms with Gasteiger partial charge in [-0.15, -0.1) is 0 Å². The fourth-order valence-electron chi connectivity index (χ4n) is 3.32. The number of nitrogens with zero attached hydrogens (tertiary/aromatic N) is 1. The number of aryl methyl sites for hydroxylation is 1. The lowest BCUT2D eigenvalue weighted by Crippen LogP contribution is -2.38. The minimum absolute atomic E-state index is 0.0690. The van der Waals surface area contributed by atoms with Gasteiger partial charge in [-0.25, -0.2) is 0 Å². The van der Waals surface area contributed by atoms with E-state index in [1.807, 2.05) is 12.1 Å². The summed E-state index contributed by atoms with van der Waals surface area (Å²) >= 11 is 0. The molecule has 0 bridgehead atoms. The third kappa shape index (κ3) is 6.07.